The van der Waals surface area contributed by atoms with Crippen molar-refractivity contribution in [3.8, 4) is 0 Å². The highest BCUT2D eigenvalue weighted by atomic mass is 19.4. The first-order valence-electron chi connectivity index (χ1n) is 10.7. The van der Waals surface area contributed by atoms with Crippen LogP contribution in [0, 0.1) is 5.92 Å². The number of nitrogens with zero attached hydrogens (tertiary/aromatic N) is 3. The summed E-state index contributed by atoms with van der Waals surface area (Å²) >= 11 is 0. The van der Waals surface area contributed by atoms with Gasteiger partial charge in [0.2, 0.25) is 5.91 Å². The Kier molecular flexibility index (Phi) is 5.59. The number of alkyl halides is 3. The van der Waals surface area contributed by atoms with Gasteiger partial charge in [-0.2, -0.15) is 13.2 Å². The van der Waals surface area contributed by atoms with Crippen molar-refractivity contribution < 1.29 is 18.0 Å². The van der Waals surface area contributed by atoms with Crippen LogP contribution < -0.4 is 5.73 Å². The molecule has 2 N–H and O–H groups in total. The first kappa shape index (κ1) is 20.9. The normalized spacial score (nSPS) is 21.2. The number of rotatable bonds is 7. The van der Waals surface area contributed by atoms with E-state index in [1.807, 2.05) is 0 Å². The zero-order valence-corrected chi connectivity index (χ0v) is 16.8. The predicted octanol–water partition coefficient (Wildman–Crippen LogP) is 4.65. The molecule has 1 unspecified atom stereocenters. The zero-order valence-electron chi connectivity index (χ0n) is 16.8. The van der Waals surface area contributed by atoms with Crippen molar-refractivity contribution >= 4 is 5.91 Å². The minimum absolute atomic E-state index is 0.0690. The molecule has 0 radical (unpaired) electrons. The summed E-state index contributed by atoms with van der Waals surface area (Å²) in [5, 5.41) is 8.36. The molecule has 4 rings (SSSR count). The van der Waals surface area contributed by atoms with Gasteiger partial charge in [0.25, 0.3) is 0 Å². The fourth-order valence-corrected chi connectivity index (χ4v) is 4.85. The number of primary amides is 1. The van der Waals surface area contributed by atoms with Gasteiger partial charge < -0.3 is 5.73 Å². The highest BCUT2D eigenvalue weighted by Gasteiger charge is 2.52. The van der Waals surface area contributed by atoms with Crippen molar-refractivity contribution in [3.05, 3.63) is 47.8 Å². The predicted molar refractivity (Wildman–Crippen MR) is 106 cm³/mol. The fraction of sp³-hybridized carbons (Fsp3) is 0.591. The molecule has 0 aliphatic heterocycles. The summed E-state index contributed by atoms with van der Waals surface area (Å²) in [4.78, 5) is 11.8. The van der Waals surface area contributed by atoms with Crippen LogP contribution in [0.5, 0.6) is 0 Å². The molecule has 1 aromatic carbocycles. The number of hydrogen-bond donors (Lipinski definition) is 1. The van der Waals surface area contributed by atoms with E-state index in [9.17, 15) is 18.0 Å². The number of halogens is 3. The molecule has 2 fully saturated rings. The van der Waals surface area contributed by atoms with Crippen LogP contribution in [-0.2, 0) is 10.3 Å². The van der Waals surface area contributed by atoms with Gasteiger partial charge in [-0.25, -0.2) is 4.68 Å². The quantitative estimate of drug-likeness (QED) is 0.708. The van der Waals surface area contributed by atoms with E-state index >= 15 is 0 Å². The molecule has 2 aliphatic rings. The van der Waals surface area contributed by atoms with Crippen LogP contribution in [-0.4, -0.2) is 27.1 Å². The second-order valence-electron chi connectivity index (χ2n) is 8.73. The van der Waals surface area contributed by atoms with Crippen LogP contribution in [0.25, 0.3) is 0 Å². The van der Waals surface area contributed by atoms with Gasteiger partial charge in [-0.1, -0.05) is 54.8 Å². The van der Waals surface area contributed by atoms with Crippen molar-refractivity contribution in [3.63, 3.8) is 0 Å². The monoisotopic (exact) mass is 420 g/mol. The number of benzene rings is 1. The number of aromatic nitrogens is 3. The lowest BCUT2D eigenvalue weighted by molar-refractivity contribution is -0.153. The lowest BCUT2D eigenvalue weighted by Gasteiger charge is -2.32. The number of carbonyl (C=O) groups excluding carboxylic acids is 1. The van der Waals surface area contributed by atoms with Crippen LogP contribution in [0.15, 0.2) is 36.5 Å². The molecule has 162 valence electrons. The van der Waals surface area contributed by atoms with Crippen LogP contribution in [0.1, 0.15) is 74.5 Å². The summed E-state index contributed by atoms with van der Waals surface area (Å²) < 4.78 is 43.6. The van der Waals surface area contributed by atoms with Crippen molar-refractivity contribution in [2.24, 2.45) is 11.7 Å². The van der Waals surface area contributed by atoms with Gasteiger partial charge in [-0.3, -0.25) is 4.79 Å². The Hall–Kier alpha value is -2.38. The first-order valence-corrected chi connectivity index (χ1v) is 10.7. The number of carbonyl (C=O) groups is 1. The third kappa shape index (κ3) is 4.09. The smallest absolute Gasteiger partial charge is 0.368 e. The molecule has 0 spiro atoms. The maximum Gasteiger partial charge on any atom is 0.395 e. The van der Waals surface area contributed by atoms with Crippen LogP contribution >= 0.6 is 0 Å². The lowest BCUT2D eigenvalue weighted by Crippen LogP contribution is -2.34. The Morgan fingerprint density at radius 3 is 2.40 bits per heavy atom. The molecule has 1 heterocycles. The minimum atomic E-state index is -4.35. The summed E-state index contributed by atoms with van der Waals surface area (Å²) in [5.41, 5.74) is 5.49. The van der Waals surface area contributed by atoms with E-state index in [0.717, 1.165) is 32.1 Å². The molecule has 8 heteroatoms. The Balaban J connectivity index is 1.66. The van der Waals surface area contributed by atoms with Crippen molar-refractivity contribution in [1.82, 2.24) is 15.0 Å². The lowest BCUT2D eigenvalue weighted by atomic mass is 9.74. The molecule has 5 nitrogen and oxygen atoms in total. The van der Waals surface area contributed by atoms with Crippen LogP contribution in [0.2, 0.25) is 0 Å². The maximum absolute atomic E-state index is 14.1. The van der Waals surface area contributed by atoms with E-state index in [1.165, 1.54) is 4.68 Å². The first-order chi connectivity index (χ1) is 14.3. The van der Waals surface area contributed by atoms with Gasteiger partial charge in [0, 0.05) is 12.1 Å². The molecule has 2 atom stereocenters. The minimum Gasteiger partial charge on any atom is -0.368 e. The van der Waals surface area contributed by atoms with E-state index in [-0.39, 0.29) is 23.8 Å². The average molecular weight is 420 g/mol. The SMILES string of the molecule is NC(=O)C1(n2cc([C@@H](CC(c3ccccc3)C(F)(F)F)C3CCCCC3)nn2)CC1. The Morgan fingerprint density at radius 1 is 1.17 bits per heavy atom. The Morgan fingerprint density at radius 2 is 1.83 bits per heavy atom. The van der Waals surface area contributed by atoms with Crippen molar-refractivity contribution in [2.75, 3.05) is 0 Å². The van der Waals surface area contributed by atoms with Crippen molar-refractivity contribution in [2.45, 2.75) is 74.9 Å². The van der Waals surface area contributed by atoms with Crippen LogP contribution in [0.4, 0.5) is 13.2 Å². The topological polar surface area (TPSA) is 73.8 Å². The average Bonchev–Trinajstić information content (AvgIpc) is 3.41. The zero-order chi connectivity index (χ0) is 21.4. The maximum atomic E-state index is 14.1. The van der Waals surface area contributed by atoms with Gasteiger partial charge in [-0.05, 0) is 43.6 Å². The molecule has 2 saturated carbocycles. The van der Waals surface area contributed by atoms with Gasteiger partial charge in [-0.15, -0.1) is 5.10 Å². The van der Waals surface area contributed by atoms with Gasteiger partial charge >= 0.3 is 6.18 Å². The van der Waals surface area contributed by atoms with E-state index in [4.69, 9.17) is 5.73 Å². The number of amides is 1. The molecule has 2 aromatic rings. The molecule has 0 bridgehead atoms. The van der Waals surface area contributed by atoms with E-state index in [1.54, 1.807) is 36.5 Å². The number of nitrogens with two attached hydrogens (primary N) is 1. The summed E-state index contributed by atoms with van der Waals surface area (Å²) in [6, 6.07) is 8.09. The second kappa shape index (κ2) is 8.04. The highest BCUT2D eigenvalue weighted by molar-refractivity contribution is 5.85. The molecule has 2 aliphatic carbocycles. The summed E-state index contributed by atoms with van der Waals surface area (Å²) in [7, 11) is 0. The molecule has 1 amide bonds. The third-order valence-electron chi connectivity index (χ3n) is 6.82. The molecule has 1 aromatic heterocycles. The second-order valence-corrected chi connectivity index (χ2v) is 8.73. The third-order valence-corrected chi connectivity index (χ3v) is 6.82. The Bertz CT molecular complexity index is 870. The van der Waals surface area contributed by atoms with E-state index in [2.05, 4.69) is 10.3 Å². The molecular formula is C22H27F3N4O. The van der Waals surface area contributed by atoms with Gasteiger partial charge in [0.15, 0.2) is 0 Å². The molecular weight excluding hydrogens is 393 g/mol. The number of hydrogen-bond acceptors (Lipinski definition) is 3. The van der Waals surface area contributed by atoms with E-state index < -0.39 is 23.5 Å². The van der Waals surface area contributed by atoms with Gasteiger partial charge in [0.05, 0.1) is 11.6 Å². The summed E-state index contributed by atoms with van der Waals surface area (Å²) in [6.07, 6.45) is 3.34. The summed E-state index contributed by atoms with van der Waals surface area (Å²) in [6.45, 7) is 0. The van der Waals surface area contributed by atoms with Crippen molar-refractivity contribution in [1.29, 1.82) is 0 Å². The van der Waals surface area contributed by atoms with E-state index in [0.29, 0.717) is 18.5 Å². The standard InChI is InChI=1S/C22H27F3N4O/c23-22(24,25)18(16-9-5-2-6-10-16)13-17(15-7-3-1-4-8-15)19-14-29(28-27-19)21(11-12-21)20(26)30/h2,5-6,9-10,14-15,17-18H,1,3-4,7-8,11-13H2,(H2,26,30)/t17-,18?/m0/s1. The fourth-order valence-electron chi connectivity index (χ4n) is 4.85. The largest absolute Gasteiger partial charge is 0.395 e. The molecule has 0 saturated heterocycles. The molecule has 30 heavy (non-hydrogen) atoms. The highest BCUT2D eigenvalue weighted by Crippen LogP contribution is 2.48. The summed E-state index contributed by atoms with van der Waals surface area (Å²) in [5.74, 6) is -2.27. The van der Waals surface area contributed by atoms with Crippen LogP contribution in [0.3, 0.4) is 0 Å². The Labute approximate surface area is 173 Å². The van der Waals surface area contributed by atoms with Gasteiger partial charge in [0.1, 0.15) is 5.54 Å².